The Hall–Kier alpha value is -4.33. The second-order valence-electron chi connectivity index (χ2n) is 7.01. The number of benzene rings is 2. The van der Waals surface area contributed by atoms with Gasteiger partial charge in [-0.3, -0.25) is 24.7 Å². The number of non-ortho nitro benzene ring substituents is 1. The summed E-state index contributed by atoms with van der Waals surface area (Å²) >= 11 is 0. The largest absolute Gasteiger partial charge is 0.507 e. The molecule has 2 aromatic carbocycles. The van der Waals surface area contributed by atoms with E-state index in [1.165, 1.54) is 23.1 Å². The minimum Gasteiger partial charge on any atom is -0.507 e. The molecule has 1 fully saturated rings. The second kappa shape index (κ2) is 8.19. The zero-order chi connectivity index (χ0) is 22.0. The fraction of sp³-hybridized carbons (Fsp3) is 0.0870. The van der Waals surface area contributed by atoms with Crippen LogP contribution < -0.4 is 0 Å². The Bertz CT molecular complexity index is 1190. The molecule has 0 spiro atoms. The SMILES string of the molecule is O=C1C(=O)N(Cc2cccnc2)[C@H](c2cccc([N+](=O)[O-])c2)/C1=C(\O)c1ccccc1. The van der Waals surface area contributed by atoms with Crippen molar-refractivity contribution in [3.05, 3.63) is 112 Å². The molecule has 1 amide bonds. The number of hydrogen-bond acceptors (Lipinski definition) is 6. The highest BCUT2D eigenvalue weighted by Gasteiger charge is 2.46. The molecule has 0 aliphatic carbocycles. The number of likely N-dealkylation sites (tertiary alicyclic amines) is 1. The predicted octanol–water partition coefficient (Wildman–Crippen LogP) is 3.61. The second-order valence-corrected chi connectivity index (χ2v) is 7.01. The van der Waals surface area contributed by atoms with Crippen LogP contribution in [-0.2, 0) is 16.1 Å². The van der Waals surface area contributed by atoms with Crippen molar-refractivity contribution in [3.63, 3.8) is 0 Å². The maximum atomic E-state index is 13.0. The number of nitro benzene ring substituents is 1. The summed E-state index contributed by atoms with van der Waals surface area (Å²) in [7, 11) is 0. The summed E-state index contributed by atoms with van der Waals surface area (Å²) in [6.07, 6.45) is 3.16. The van der Waals surface area contributed by atoms with Crippen molar-refractivity contribution in [2.45, 2.75) is 12.6 Å². The molecule has 1 atom stereocenters. The molecule has 4 rings (SSSR count). The molecule has 8 nitrogen and oxygen atoms in total. The Labute approximate surface area is 177 Å². The normalized spacial score (nSPS) is 17.7. The van der Waals surface area contributed by atoms with Crippen molar-refractivity contribution < 1.29 is 19.6 Å². The van der Waals surface area contributed by atoms with E-state index in [9.17, 15) is 24.8 Å². The van der Waals surface area contributed by atoms with Gasteiger partial charge in [0.2, 0.25) is 0 Å². The molecule has 1 saturated heterocycles. The Kier molecular flexibility index (Phi) is 5.28. The summed E-state index contributed by atoms with van der Waals surface area (Å²) in [4.78, 5) is 42.0. The van der Waals surface area contributed by atoms with Crippen molar-refractivity contribution in [3.8, 4) is 0 Å². The van der Waals surface area contributed by atoms with E-state index < -0.39 is 22.7 Å². The van der Waals surface area contributed by atoms with E-state index in [0.717, 1.165) is 0 Å². The zero-order valence-electron chi connectivity index (χ0n) is 16.2. The molecule has 154 valence electrons. The Morgan fingerprint density at radius 1 is 1.06 bits per heavy atom. The maximum absolute atomic E-state index is 13.0. The average Bonchev–Trinajstić information content (AvgIpc) is 3.05. The number of aliphatic hydroxyl groups excluding tert-OH is 1. The van der Waals surface area contributed by atoms with Crippen molar-refractivity contribution in [1.29, 1.82) is 0 Å². The van der Waals surface area contributed by atoms with Crippen LogP contribution in [0.1, 0.15) is 22.7 Å². The predicted molar refractivity (Wildman–Crippen MR) is 112 cm³/mol. The van der Waals surface area contributed by atoms with Gasteiger partial charge in [0, 0.05) is 36.6 Å². The van der Waals surface area contributed by atoms with E-state index in [4.69, 9.17) is 0 Å². The number of ketones is 1. The molecule has 1 aromatic heterocycles. The number of carbonyl (C=O) groups excluding carboxylic acids is 2. The first-order chi connectivity index (χ1) is 15.0. The van der Waals surface area contributed by atoms with Gasteiger partial charge in [-0.25, -0.2) is 0 Å². The van der Waals surface area contributed by atoms with E-state index in [1.807, 2.05) is 0 Å². The topological polar surface area (TPSA) is 114 Å². The molecule has 2 heterocycles. The maximum Gasteiger partial charge on any atom is 0.295 e. The fourth-order valence-electron chi connectivity index (χ4n) is 3.64. The molecule has 1 aliphatic heterocycles. The van der Waals surface area contributed by atoms with Crippen LogP contribution in [0, 0.1) is 10.1 Å². The first kappa shape index (κ1) is 20.0. The Morgan fingerprint density at radius 2 is 1.84 bits per heavy atom. The van der Waals surface area contributed by atoms with Gasteiger partial charge in [-0.2, -0.15) is 0 Å². The van der Waals surface area contributed by atoms with Crippen LogP contribution in [0.5, 0.6) is 0 Å². The molecule has 0 radical (unpaired) electrons. The third-order valence-corrected chi connectivity index (χ3v) is 5.06. The van der Waals surface area contributed by atoms with Crippen LogP contribution in [0.4, 0.5) is 5.69 Å². The monoisotopic (exact) mass is 415 g/mol. The fourth-order valence-corrected chi connectivity index (χ4v) is 3.64. The lowest BCUT2D eigenvalue weighted by Crippen LogP contribution is -2.29. The number of nitrogens with zero attached hydrogens (tertiary/aromatic N) is 3. The average molecular weight is 415 g/mol. The van der Waals surface area contributed by atoms with E-state index in [1.54, 1.807) is 60.9 Å². The molecule has 8 heteroatoms. The standard InChI is InChI=1S/C23H17N3O5/c27-21(16-7-2-1-3-8-16)19-20(17-9-4-10-18(12-17)26(30)31)25(23(29)22(19)28)14-15-6-5-11-24-13-15/h1-13,20,27H,14H2/b21-19+/t20-/m1/s1. The summed E-state index contributed by atoms with van der Waals surface area (Å²) in [5.74, 6) is -1.97. The molecule has 31 heavy (non-hydrogen) atoms. The minimum absolute atomic E-state index is 0.0529. The number of Topliss-reactive ketones (excluding diaryl/α,β-unsaturated/α-hetero) is 1. The van der Waals surface area contributed by atoms with Gasteiger partial charge in [-0.1, -0.05) is 48.5 Å². The smallest absolute Gasteiger partial charge is 0.295 e. The summed E-state index contributed by atoms with van der Waals surface area (Å²) in [5.41, 5.74) is 1.12. The molecular formula is C23H17N3O5. The summed E-state index contributed by atoms with van der Waals surface area (Å²) in [6.45, 7) is 0.0529. The van der Waals surface area contributed by atoms with Gasteiger partial charge in [0.25, 0.3) is 17.4 Å². The first-order valence-electron chi connectivity index (χ1n) is 9.44. The lowest BCUT2D eigenvalue weighted by molar-refractivity contribution is -0.384. The molecule has 0 unspecified atom stereocenters. The number of amides is 1. The summed E-state index contributed by atoms with van der Waals surface area (Å²) in [5, 5.41) is 22.2. The highest BCUT2D eigenvalue weighted by atomic mass is 16.6. The third-order valence-electron chi connectivity index (χ3n) is 5.06. The van der Waals surface area contributed by atoms with Crippen molar-refractivity contribution in [2.24, 2.45) is 0 Å². The minimum atomic E-state index is -0.986. The van der Waals surface area contributed by atoms with Crippen LogP contribution in [0.25, 0.3) is 5.76 Å². The number of aromatic nitrogens is 1. The summed E-state index contributed by atoms with van der Waals surface area (Å²) in [6, 6.07) is 16.6. The third kappa shape index (κ3) is 3.78. The number of pyridine rings is 1. The molecule has 0 saturated carbocycles. The van der Waals surface area contributed by atoms with E-state index in [-0.39, 0.29) is 23.6 Å². The van der Waals surface area contributed by atoms with Crippen molar-refractivity contribution >= 4 is 23.1 Å². The quantitative estimate of drug-likeness (QED) is 0.224. The number of nitro groups is 1. The highest BCUT2D eigenvalue weighted by Crippen LogP contribution is 2.40. The number of rotatable bonds is 5. The number of aliphatic hydroxyl groups is 1. The van der Waals surface area contributed by atoms with Crippen molar-refractivity contribution in [2.75, 3.05) is 0 Å². The van der Waals surface area contributed by atoms with E-state index >= 15 is 0 Å². The van der Waals surface area contributed by atoms with Crippen LogP contribution in [0.2, 0.25) is 0 Å². The highest BCUT2D eigenvalue weighted by molar-refractivity contribution is 6.46. The van der Waals surface area contributed by atoms with E-state index in [2.05, 4.69) is 4.98 Å². The van der Waals surface area contributed by atoms with Crippen LogP contribution in [0.3, 0.4) is 0 Å². The lowest BCUT2D eigenvalue weighted by atomic mass is 9.95. The van der Waals surface area contributed by atoms with Gasteiger partial charge in [0.15, 0.2) is 0 Å². The van der Waals surface area contributed by atoms with Gasteiger partial charge in [0.1, 0.15) is 5.76 Å². The molecular weight excluding hydrogens is 398 g/mol. The Morgan fingerprint density at radius 3 is 2.52 bits per heavy atom. The zero-order valence-corrected chi connectivity index (χ0v) is 16.2. The number of carbonyl (C=O) groups is 2. The van der Waals surface area contributed by atoms with Gasteiger partial charge in [-0.15, -0.1) is 0 Å². The van der Waals surface area contributed by atoms with Gasteiger partial charge in [0.05, 0.1) is 16.5 Å². The van der Waals surface area contributed by atoms with Crippen LogP contribution in [0.15, 0.2) is 84.7 Å². The lowest BCUT2D eigenvalue weighted by Gasteiger charge is -2.25. The van der Waals surface area contributed by atoms with Gasteiger partial charge in [-0.05, 0) is 17.2 Å². The molecule has 1 N–H and O–H groups in total. The van der Waals surface area contributed by atoms with E-state index in [0.29, 0.717) is 16.7 Å². The van der Waals surface area contributed by atoms with Crippen LogP contribution >= 0.6 is 0 Å². The van der Waals surface area contributed by atoms with Gasteiger partial charge >= 0.3 is 0 Å². The Balaban J connectivity index is 1.89. The van der Waals surface area contributed by atoms with Crippen molar-refractivity contribution in [1.82, 2.24) is 9.88 Å². The van der Waals surface area contributed by atoms with Crippen LogP contribution in [-0.4, -0.2) is 31.6 Å². The van der Waals surface area contributed by atoms with Gasteiger partial charge < -0.3 is 10.0 Å². The summed E-state index contributed by atoms with van der Waals surface area (Å²) < 4.78 is 0. The molecule has 3 aromatic rings. The molecule has 1 aliphatic rings. The molecule has 0 bridgehead atoms. The number of hydrogen-bond donors (Lipinski definition) is 1. The first-order valence-corrected chi connectivity index (χ1v) is 9.44.